The van der Waals surface area contributed by atoms with Crippen molar-refractivity contribution in [2.24, 2.45) is 5.73 Å². The van der Waals surface area contributed by atoms with Crippen LogP contribution in [0.5, 0.6) is 0 Å². The van der Waals surface area contributed by atoms with E-state index in [4.69, 9.17) is 15.5 Å². The molecule has 1 aliphatic carbocycles. The summed E-state index contributed by atoms with van der Waals surface area (Å²) in [6.45, 7) is 15.1. The van der Waals surface area contributed by atoms with Gasteiger partial charge in [-0.3, -0.25) is 43.3 Å². The van der Waals surface area contributed by atoms with Crippen LogP contribution >= 0.6 is 0 Å². The third-order valence-corrected chi connectivity index (χ3v) is 13.5. The number of allylic oxidation sites excluding steroid dienone is 1. The van der Waals surface area contributed by atoms with Gasteiger partial charge in [-0.15, -0.1) is 0 Å². The maximum absolute atomic E-state index is 14.9. The molecule has 4 heterocycles. The van der Waals surface area contributed by atoms with Crippen molar-refractivity contribution in [1.29, 1.82) is 0 Å². The number of Topliss-reactive ketones (excluding diaryl/α,β-unsaturated/α-hetero) is 1. The molecule has 0 bridgehead atoms. The minimum Gasteiger partial charge on any atom is -0.388 e. The number of nitrogens with two attached hydrogens (primary N) is 1. The fourth-order valence-electron chi connectivity index (χ4n) is 9.33. The first-order chi connectivity index (χ1) is 35.6. The van der Waals surface area contributed by atoms with Crippen LogP contribution in [0.4, 0.5) is 10.1 Å². The molecule has 2 unspecified atom stereocenters. The maximum atomic E-state index is 14.9. The van der Waals surface area contributed by atoms with Crippen LogP contribution in [0.1, 0.15) is 106 Å². The van der Waals surface area contributed by atoms with E-state index in [9.17, 15) is 52.6 Å². The second kappa shape index (κ2) is 25.4. The number of nitrogens with one attached hydrogen (secondary N) is 5. The summed E-state index contributed by atoms with van der Waals surface area (Å²) in [6.07, 6.45) is 6.72. The second-order valence-electron chi connectivity index (χ2n) is 18.4. The molecule has 2 aromatic carbocycles. The highest BCUT2D eigenvalue weighted by molar-refractivity contribution is 6.13. The van der Waals surface area contributed by atoms with Gasteiger partial charge in [-0.25, -0.2) is 9.37 Å². The fourth-order valence-corrected chi connectivity index (χ4v) is 9.33. The summed E-state index contributed by atoms with van der Waals surface area (Å²) in [5, 5.41) is 25.3. The smallest absolute Gasteiger partial charge is 0.253 e. The number of carbonyl (C=O) groups excluding carboxylic acids is 9. The molecule has 7 rings (SSSR count). The predicted molar refractivity (Wildman–Crippen MR) is 277 cm³/mol. The second-order valence-corrected chi connectivity index (χ2v) is 18.4. The molecule has 5 atom stereocenters. The van der Waals surface area contributed by atoms with E-state index >= 15 is 0 Å². The molecule has 3 aliphatic heterocycles. The molecule has 21 heteroatoms. The Bertz CT molecular complexity index is 2860. The van der Waals surface area contributed by atoms with Gasteiger partial charge in [-0.2, -0.15) is 0 Å². The fraction of sp³-hybridized carbons (Fsp3) is 0.407. The zero-order valence-corrected chi connectivity index (χ0v) is 43.5. The van der Waals surface area contributed by atoms with Crippen molar-refractivity contribution in [3.63, 3.8) is 0 Å². The number of aldehydes is 1. The standard InChI is InChI=1S/C28H30FN3O3.C17H23N5O7.C9H13NO/c1-6-17-15(4)32-12-19-26-22(30-13-33)9-8-18-14(3)21(29)11-23(25(18)26)31-27(19)24(32)10-20(17)28(35,7-2)16(5)34;1-9(19-13(25)5-6-22-14(26)3-4-15(22)27)16(28)20-10(2)17(29)21-11(8-23)7-12(18)24;1-10-9-5-3-8(4-6-9)7-11-2/h10-11,13,22,35H,4,6-9,12H2,1-3,5H3,(H,30,33);3-4,8-11H,5-7H2,1-2H3,(H2,18,24)(H,19,25)(H,20,28)(H,21,29);3-6,10H,7H2,1-2H3/t22-,28+;9?,10-,11?;/m00./s1. The van der Waals surface area contributed by atoms with Crippen molar-refractivity contribution in [1.82, 2.24) is 36.1 Å². The zero-order valence-electron chi connectivity index (χ0n) is 43.5. The lowest BCUT2D eigenvalue weighted by atomic mass is 9.80. The molecule has 0 spiro atoms. The van der Waals surface area contributed by atoms with Gasteiger partial charge in [0.25, 0.3) is 11.8 Å². The van der Waals surface area contributed by atoms with Crippen LogP contribution in [-0.4, -0.2) is 118 Å². The number of anilines is 1. The number of hydrogen-bond acceptors (Lipinski definition) is 14. The summed E-state index contributed by atoms with van der Waals surface area (Å²) < 4.78 is 19.8. The highest BCUT2D eigenvalue weighted by Crippen LogP contribution is 2.50. The Morgan fingerprint density at radius 1 is 1.01 bits per heavy atom. The number of amides is 7. The number of aliphatic hydroxyl groups is 1. The summed E-state index contributed by atoms with van der Waals surface area (Å²) in [5.41, 5.74) is 13.2. The summed E-state index contributed by atoms with van der Waals surface area (Å²) in [4.78, 5) is 112. The third-order valence-electron chi connectivity index (χ3n) is 13.5. The van der Waals surface area contributed by atoms with E-state index in [0.29, 0.717) is 67.5 Å². The minimum absolute atomic E-state index is 0.128. The molecule has 0 fully saturated rings. The quantitative estimate of drug-likeness (QED) is 0.0632. The largest absolute Gasteiger partial charge is 0.388 e. The van der Waals surface area contributed by atoms with Crippen molar-refractivity contribution < 1.29 is 57.4 Å². The molecular formula is C54H66FN9O11. The van der Waals surface area contributed by atoms with Crippen molar-refractivity contribution >= 4 is 76.2 Å². The molecule has 8 N–H and O–H groups in total. The highest BCUT2D eigenvalue weighted by atomic mass is 19.1. The van der Waals surface area contributed by atoms with E-state index in [0.717, 1.165) is 61.8 Å². The number of nitrogens with zero attached hydrogens (tertiary/aromatic N) is 3. The number of ether oxygens (including phenoxy) is 1. The van der Waals surface area contributed by atoms with Crippen molar-refractivity contribution in [2.75, 3.05) is 26.0 Å². The summed E-state index contributed by atoms with van der Waals surface area (Å²) in [7, 11) is 3.61. The number of ketones is 1. The molecule has 0 saturated heterocycles. The summed E-state index contributed by atoms with van der Waals surface area (Å²) in [6, 6.07) is 6.27. The molecule has 1 aromatic heterocycles. The molecule has 3 aromatic rings. The first kappa shape index (κ1) is 58.0. The van der Waals surface area contributed by atoms with Gasteiger partial charge in [-0.05, 0) is 105 Å². The normalized spacial score (nSPS) is 17.1. The van der Waals surface area contributed by atoms with Gasteiger partial charge in [0.15, 0.2) is 5.78 Å². The number of benzene rings is 2. The lowest BCUT2D eigenvalue weighted by Crippen LogP contribution is -2.53. The Hall–Kier alpha value is -7.91. The van der Waals surface area contributed by atoms with Crippen LogP contribution < -0.4 is 32.3 Å². The van der Waals surface area contributed by atoms with Gasteiger partial charge >= 0.3 is 0 Å². The monoisotopic (exact) mass is 1040 g/mol. The average molecular weight is 1040 g/mol. The number of pyridine rings is 1. The Balaban J connectivity index is 0.000000234. The molecule has 0 saturated carbocycles. The number of rotatable bonds is 20. The van der Waals surface area contributed by atoms with Crippen LogP contribution in [-0.2, 0) is 67.5 Å². The van der Waals surface area contributed by atoms with Crippen molar-refractivity contribution in [3.05, 3.63) is 111 Å². The van der Waals surface area contributed by atoms with E-state index in [1.807, 2.05) is 32.2 Å². The molecule has 20 nitrogen and oxygen atoms in total. The molecular weight excluding hydrogens is 970 g/mol. The molecule has 400 valence electrons. The molecule has 0 radical (unpaired) electrons. The third kappa shape index (κ3) is 13.1. The first-order valence-electron chi connectivity index (χ1n) is 24.5. The van der Waals surface area contributed by atoms with Crippen LogP contribution in [0.3, 0.4) is 0 Å². The average Bonchev–Trinajstić information content (AvgIpc) is 3.92. The van der Waals surface area contributed by atoms with E-state index in [-0.39, 0.29) is 43.4 Å². The number of primary amides is 1. The number of methoxy groups -OCH3 is 1. The van der Waals surface area contributed by atoms with Crippen LogP contribution in [0, 0.1) is 12.7 Å². The first-order valence-corrected chi connectivity index (χ1v) is 24.5. The number of imide groups is 1. The van der Waals surface area contributed by atoms with E-state index in [1.54, 1.807) is 21.0 Å². The highest BCUT2D eigenvalue weighted by Gasteiger charge is 2.43. The summed E-state index contributed by atoms with van der Waals surface area (Å²) >= 11 is 0. The predicted octanol–water partition coefficient (Wildman–Crippen LogP) is 3.28. The Morgan fingerprint density at radius 2 is 1.65 bits per heavy atom. The Kier molecular flexibility index (Phi) is 19.6. The number of aryl methyl sites for hydroxylation is 1. The minimum atomic E-state index is -1.63. The van der Waals surface area contributed by atoms with Crippen molar-refractivity contribution in [2.45, 2.75) is 123 Å². The van der Waals surface area contributed by atoms with Crippen LogP contribution in [0.15, 0.2) is 72.0 Å². The van der Waals surface area contributed by atoms with Crippen LogP contribution in [0.25, 0.3) is 16.6 Å². The number of carbonyl (C=O) groups is 9. The number of halogens is 1. The summed E-state index contributed by atoms with van der Waals surface area (Å²) in [5.74, 6) is -4.38. The molecule has 7 amide bonds. The number of aromatic nitrogens is 1. The number of hydrogen-bond donors (Lipinski definition) is 7. The van der Waals surface area contributed by atoms with Gasteiger partial charge in [0.1, 0.15) is 29.8 Å². The Labute approximate surface area is 434 Å². The van der Waals surface area contributed by atoms with Crippen LogP contribution in [0.2, 0.25) is 0 Å². The van der Waals surface area contributed by atoms with E-state index in [1.165, 1.54) is 32.4 Å². The number of fused-ring (bicyclic) bond motifs is 4. The van der Waals surface area contributed by atoms with Crippen molar-refractivity contribution in [3.8, 4) is 0 Å². The zero-order chi connectivity index (χ0) is 55.5. The molecule has 75 heavy (non-hydrogen) atoms. The van der Waals surface area contributed by atoms with Gasteiger partial charge in [0.2, 0.25) is 30.0 Å². The van der Waals surface area contributed by atoms with E-state index < -0.39 is 59.2 Å². The van der Waals surface area contributed by atoms with Gasteiger partial charge in [0.05, 0.1) is 48.6 Å². The van der Waals surface area contributed by atoms with E-state index in [2.05, 4.69) is 50.2 Å². The SMILES string of the molecule is C=C1C(CC)=C([C@@](O)(CC)C(C)=O)C=C2c3nc4cc(F)c(C)c5c4c(c3CN12)[C@@H](NC=O)CC5.CC(NC(=O)CCN1C(=O)C=CC1=O)C(=O)N[C@@H](C)C(=O)NC(C=O)CC(N)=O.CNc1ccc(COC)cc1. The lowest BCUT2D eigenvalue weighted by molar-refractivity contribution is -0.137. The lowest BCUT2D eigenvalue weighted by Gasteiger charge is -2.36. The van der Waals surface area contributed by atoms with Gasteiger partial charge in [-0.1, -0.05) is 32.6 Å². The maximum Gasteiger partial charge on any atom is 0.253 e. The Morgan fingerprint density at radius 3 is 2.21 bits per heavy atom. The molecule has 4 aliphatic rings. The topological polar surface area (TPSA) is 289 Å². The van der Waals surface area contributed by atoms with Gasteiger partial charge < -0.3 is 51.9 Å². The van der Waals surface area contributed by atoms with Gasteiger partial charge in [0, 0.05) is 67.7 Å².